The first-order valence-electron chi connectivity index (χ1n) is 5.86. The normalized spacial score (nSPS) is 10.3. The van der Waals surface area contributed by atoms with Gasteiger partial charge in [-0.15, -0.1) is 11.3 Å². The third-order valence-electron chi connectivity index (χ3n) is 2.73. The van der Waals surface area contributed by atoms with Crippen molar-refractivity contribution in [3.63, 3.8) is 0 Å². The zero-order valence-electron chi connectivity index (χ0n) is 10.7. The number of hydrogen-bond donors (Lipinski definition) is 1. The van der Waals surface area contributed by atoms with Crippen molar-refractivity contribution in [1.82, 2.24) is 0 Å². The lowest BCUT2D eigenvalue weighted by atomic mass is 10.1. The number of thiophene rings is 1. The van der Waals surface area contributed by atoms with Crippen LogP contribution < -0.4 is 10.1 Å². The molecule has 0 spiro atoms. The average Bonchev–Trinajstić information content (AvgIpc) is 2.89. The minimum Gasteiger partial charge on any atom is -0.496 e. The Morgan fingerprint density at radius 1 is 1.42 bits per heavy atom. The highest BCUT2D eigenvalue weighted by atomic mass is 79.9. The lowest BCUT2D eigenvalue weighted by molar-refractivity contribution is 0.103. The predicted molar refractivity (Wildman–Crippen MR) is 82.3 cm³/mol. The fourth-order valence-corrected chi connectivity index (χ4v) is 2.86. The maximum atomic E-state index is 12.1. The Labute approximate surface area is 124 Å². The molecule has 0 saturated carbocycles. The third kappa shape index (κ3) is 3.36. The van der Waals surface area contributed by atoms with E-state index in [0.717, 1.165) is 22.1 Å². The van der Waals surface area contributed by atoms with Gasteiger partial charge in [0, 0.05) is 21.6 Å². The highest BCUT2D eigenvalue weighted by Crippen LogP contribution is 2.25. The number of anilines is 1. The molecule has 1 amide bonds. The predicted octanol–water partition coefficient (Wildman–Crippen LogP) is 4.33. The van der Waals surface area contributed by atoms with E-state index in [4.69, 9.17) is 4.74 Å². The lowest BCUT2D eigenvalue weighted by Gasteiger charge is -2.09. The number of methoxy groups -OCH3 is 1. The molecule has 1 aromatic carbocycles. The van der Waals surface area contributed by atoms with Crippen LogP contribution in [0.1, 0.15) is 22.2 Å². The number of halogens is 1. The first kappa shape index (κ1) is 14.1. The molecule has 0 aliphatic rings. The zero-order chi connectivity index (χ0) is 13.8. The van der Waals surface area contributed by atoms with Crippen molar-refractivity contribution in [2.45, 2.75) is 13.3 Å². The van der Waals surface area contributed by atoms with Gasteiger partial charge in [-0.25, -0.2) is 0 Å². The van der Waals surface area contributed by atoms with Gasteiger partial charge in [0.05, 0.1) is 12.0 Å². The molecule has 19 heavy (non-hydrogen) atoms. The van der Waals surface area contributed by atoms with Crippen LogP contribution in [0.2, 0.25) is 0 Å². The van der Waals surface area contributed by atoms with Gasteiger partial charge >= 0.3 is 0 Å². The summed E-state index contributed by atoms with van der Waals surface area (Å²) < 4.78 is 6.09. The minimum absolute atomic E-state index is 0.106. The number of aryl methyl sites for hydroxylation is 1. The molecule has 0 radical (unpaired) electrons. The molecule has 0 aliphatic carbocycles. The Kier molecular flexibility index (Phi) is 4.61. The van der Waals surface area contributed by atoms with Gasteiger partial charge in [0.25, 0.3) is 5.91 Å². The van der Waals surface area contributed by atoms with Gasteiger partial charge in [-0.05, 0) is 30.2 Å². The summed E-state index contributed by atoms with van der Waals surface area (Å²) in [7, 11) is 1.59. The summed E-state index contributed by atoms with van der Waals surface area (Å²) in [6.07, 6.45) is 0.864. The second-order valence-electron chi connectivity index (χ2n) is 3.96. The van der Waals surface area contributed by atoms with E-state index in [0.29, 0.717) is 10.6 Å². The average molecular weight is 340 g/mol. The lowest BCUT2D eigenvalue weighted by Crippen LogP contribution is -2.11. The highest BCUT2D eigenvalue weighted by Gasteiger charge is 2.11. The standard InChI is InChI=1S/C14H14BrNO2S/c1-3-9-6-10(15)4-5-12(9)16-14(17)13-7-11(18-2)8-19-13/h4-8H,3H2,1-2H3,(H,16,17). The van der Waals surface area contributed by atoms with Gasteiger partial charge in [0.15, 0.2) is 0 Å². The van der Waals surface area contributed by atoms with Crippen LogP contribution in [0.5, 0.6) is 5.75 Å². The Morgan fingerprint density at radius 2 is 2.21 bits per heavy atom. The molecular formula is C14H14BrNO2S. The van der Waals surface area contributed by atoms with E-state index in [1.807, 2.05) is 23.6 Å². The third-order valence-corrected chi connectivity index (χ3v) is 4.13. The van der Waals surface area contributed by atoms with Crippen molar-refractivity contribution in [3.05, 3.63) is 44.6 Å². The first-order chi connectivity index (χ1) is 9.13. The molecule has 0 atom stereocenters. The molecule has 3 nitrogen and oxygen atoms in total. The summed E-state index contributed by atoms with van der Waals surface area (Å²) in [4.78, 5) is 12.8. The van der Waals surface area contributed by atoms with E-state index >= 15 is 0 Å². The minimum atomic E-state index is -0.106. The van der Waals surface area contributed by atoms with Crippen molar-refractivity contribution in [2.24, 2.45) is 0 Å². The summed E-state index contributed by atoms with van der Waals surface area (Å²) >= 11 is 4.81. The SMILES string of the molecule is CCc1cc(Br)ccc1NC(=O)c1cc(OC)cs1. The number of rotatable bonds is 4. The van der Waals surface area contributed by atoms with Crippen LogP contribution in [0.4, 0.5) is 5.69 Å². The second kappa shape index (κ2) is 6.21. The van der Waals surface area contributed by atoms with Crippen molar-refractivity contribution in [3.8, 4) is 5.75 Å². The van der Waals surface area contributed by atoms with Crippen LogP contribution in [0.15, 0.2) is 34.1 Å². The molecule has 5 heteroatoms. The molecule has 100 valence electrons. The van der Waals surface area contributed by atoms with Crippen molar-refractivity contribution in [2.75, 3.05) is 12.4 Å². The zero-order valence-corrected chi connectivity index (χ0v) is 13.1. The van der Waals surface area contributed by atoms with E-state index < -0.39 is 0 Å². The van der Waals surface area contributed by atoms with Gasteiger partial charge in [-0.1, -0.05) is 22.9 Å². The van der Waals surface area contributed by atoms with Crippen LogP contribution in [0.3, 0.4) is 0 Å². The Bertz CT molecular complexity index is 595. The Morgan fingerprint density at radius 3 is 2.84 bits per heavy atom. The molecule has 2 rings (SSSR count). The number of hydrogen-bond acceptors (Lipinski definition) is 3. The van der Waals surface area contributed by atoms with Crippen LogP contribution in [0, 0.1) is 0 Å². The van der Waals surface area contributed by atoms with E-state index in [1.165, 1.54) is 11.3 Å². The van der Waals surface area contributed by atoms with E-state index in [1.54, 1.807) is 13.2 Å². The van der Waals surface area contributed by atoms with Gasteiger partial charge in [0.2, 0.25) is 0 Å². The van der Waals surface area contributed by atoms with Crippen molar-refractivity contribution in [1.29, 1.82) is 0 Å². The van der Waals surface area contributed by atoms with Crippen molar-refractivity contribution >= 4 is 38.9 Å². The maximum absolute atomic E-state index is 12.1. The molecular weight excluding hydrogens is 326 g/mol. The molecule has 1 heterocycles. The highest BCUT2D eigenvalue weighted by molar-refractivity contribution is 9.10. The summed E-state index contributed by atoms with van der Waals surface area (Å²) in [6.45, 7) is 2.06. The van der Waals surface area contributed by atoms with E-state index in [-0.39, 0.29) is 5.91 Å². The molecule has 0 aliphatic heterocycles. The summed E-state index contributed by atoms with van der Waals surface area (Å²) in [5.74, 6) is 0.604. The molecule has 0 saturated heterocycles. The molecule has 2 aromatic rings. The topological polar surface area (TPSA) is 38.3 Å². The second-order valence-corrected chi connectivity index (χ2v) is 5.79. The van der Waals surface area contributed by atoms with Gasteiger partial charge in [-0.3, -0.25) is 4.79 Å². The fourth-order valence-electron chi connectivity index (χ4n) is 1.71. The van der Waals surface area contributed by atoms with Crippen LogP contribution in [0.25, 0.3) is 0 Å². The number of carbonyl (C=O) groups is 1. The molecule has 0 bridgehead atoms. The van der Waals surface area contributed by atoms with E-state index in [2.05, 4.69) is 28.2 Å². The van der Waals surface area contributed by atoms with E-state index in [9.17, 15) is 4.79 Å². The van der Waals surface area contributed by atoms with Crippen molar-refractivity contribution < 1.29 is 9.53 Å². The molecule has 0 fully saturated rings. The number of benzene rings is 1. The smallest absolute Gasteiger partial charge is 0.265 e. The van der Waals surface area contributed by atoms with Crippen LogP contribution >= 0.6 is 27.3 Å². The number of nitrogens with one attached hydrogen (secondary N) is 1. The van der Waals surface area contributed by atoms with Crippen LogP contribution in [-0.2, 0) is 6.42 Å². The summed E-state index contributed by atoms with van der Waals surface area (Å²) in [5, 5.41) is 4.75. The number of carbonyl (C=O) groups excluding carboxylic acids is 1. The fraction of sp³-hybridized carbons (Fsp3) is 0.214. The van der Waals surface area contributed by atoms with Crippen LogP contribution in [-0.4, -0.2) is 13.0 Å². The maximum Gasteiger partial charge on any atom is 0.265 e. The summed E-state index contributed by atoms with van der Waals surface area (Å²) in [6, 6.07) is 7.59. The van der Waals surface area contributed by atoms with Gasteiger partial charge in [-0.2, -0.15) is 0 Å². The van der Waals surface area contributed by atoms with Gasteiger partial charge in [0.1, 0.15) is 5.75 Å². The number of amides is 1. The Balaban J connectivity index is 2.18. The quantitative estimate of drug-likeness (QED) is 0.899. The number of ether oxygens (including phenoxy) is 1. The first-order valence-corrected chi connectivity index (χ1v) is 7.53. The molecule has 0 unspecified atom stereocenters. The molecule has 1 N–H and O–H groups in total. The Hall–Kier alpha value is -1.33. The molecule has 1 aromatic heterocycles. The van der Waals surface area contributed by atoms with Gasteiger partial charge < -0.3 is 10.1 Å². The monoisotopic (exact) mass is 339 g/mol. The summed E-state index contributed by atoms with van der Waals surface area (Å²) in [5.41, 5.74) is 1.95. The largest absolute Gasteiger partial charge is 0.496 e.